The molecule has 1 heterocycles. The fraction of sp³-hybridized carbons (Fsp3) is 0.400. The molecule has 1 aromatic heterocycles. The van der Waals surface area contributed by atoms with Crippen molar-refractivity contribution in [3.05, 3.63) is 51.8 Å². The Morgan fingerprint density at radius 1 is 1.30 bits per heavy atom. The molecule has 2 rings (SSSR count). The Morgan fingerprint density at radius 2 is 2.05 bits per heavy atom. The van der Waals surface area contributed by atoms with Gasteiger partial charge >= 0.3 is 0 Å². The molecule has 0 unspecified atom stereocenters. The molecule has 2 aromatic rings. The number of nitrogens with one attached hydrogen (secondary N) is 1. The van der Waals surface area contributed by atoms with Crippen molar-refractivity contribution in [1.82, 2.24) is 15.1 Å². The molecule has 1 aromatic carbocycles. The summed E-state index contributed by atoms with van der Waals surface area (Å²) in [4.78, 5) is 0. The van der Waals surface area contributed by atoms with E-state index in [0.717, 1.165) is 40.6 Å². The van der Waals surface area contributed by atoms with Gasteiger partial charge in [0.25, 0.3) is 0 Å². The molecule has 0 radical (unpaired) electrons. The van der Waals surface area contributed by atoms with Gasteiger partial charge in [0.05, 0.1) is 23.0 Å². The second kappa shape index (κ2) is 6.88. The van der Waals surface area contributed by atoms with Crippen molar-refractivity contribution in [3.8, 4) is 0 Å². The third kappa shape index (κ3) is 3.39. The van der Waals surface area contributed by atoms with Crippen LogP contribution in [0.4, 0.5) is 0 Å². The van der Waals surface area contributed by atoms with Crippen LogP contribution in [0.1, 0.15) is 29.4 Å². The van der Waals surface area contributed by atoms with Gasteiger partial charge in [-0.3, -0.25) is 4.68 Å². The number of aliphatic hydroxyl groups is 1. The van der Waals surface area contributed by atoms with Crippen molar-refractivity contribution in [2.45, 2.75) is 40.1 Å². The highest BCUT2D eigenvalue weighted by molar-refractivity contribution is 6.31. The fourth-order valence-corrected chi connectivity index (χ4v) is 2.40. The van der Waals surface area contributed by atoms with E-state index in [1.807, 2.05) is 35.9 Å². The maximum atomic E-state index is 9.12. The number of aliphatic hydroxyl groups excluding tert-OH is 1. The number of nitrogens with zero attached hydrogens (tertiary/aromatic N) is 2. The second-order valence-corrected chi connectivity index (χ2v) is 5.12. The van der Waals surface area contributed by atoms with Crippen molar-refractivity contribution in [2.75, 3.05) is 0 Å². The fourth-order valence-electron chi connectivity index (χ4n) is 2.20. The molecular formula is C15H20ClN3O. The molecule has 0 saturated carbocycles. The summed E-state index contributed by atoms with van der Waals surface area (Å²) in [6, 6.07) is 7.90. The van der Waals surface area contributed by atoms with Crippen LogP contribution >= 0.6 is 11.6 Å². The Hall–Kier alpha value is -1.36. The Balaban J connectivity index is 1.99. The Bertz CT molecular complexity index is 580. The van der Waals surface area contributed by atoms with Crippen LogP contribution in [0.2, 0.25) is 5.02 Å². The van der Waals surface area contributed by atoms with E-state index in [9.17, 15) is 0 Å². The molecule has 0 amide bonds. The molecule has 20 heavy (non-hydrogen) atoms. The second-order valence-electron chi connectivity index (χ2n) is 4.74. The van der Waals surface area contributed by atoms with Crippen LogP contribution in [0.15, 0.2) is 24.3 Å². The van der Waals surface area contributed by atoms with Crippen LogP contribution in [-0.4, -0.2) is 14.9 Å². The smallest absolute Gasteiger partial charge is 0.0860 e. The average Bonchev–Trinajstić information content (AvgIpc) is 2.75. The van der Waals surface area contributed by atoms with Crippen LogP contribution in [0, 0.1) is 6.92 Å². The first-order valence-electron chi connectivity index (χ1n) is 6.76. The van der Waals surface area contributed by atoms with E-state index < -0.39 is 0 Å². The van der Waals surface area contributed by atoms with Crippen LogP contribution in [0.5, 0.6) is 0 Å². The van der Waals surface area contributed by atoms with Crippen molar-refractivity contribution < 1.29 is 5.11 Å². The Kier molecular flexibility index (Phi) is 5.17. The lowest BCUT2D eigenvalue weighted by Gasteiger charge is -2.08. The minimum atomic E-state index is 0.0709. The first-order chi connectivity index (χ1) is 9.65. The largest absolute Gasteiger partial charge is 0.392 e. The monoisotopic (exact) mass is 293 g/mol. The summed E-state index contributed by atoms with van der Waals surface area (Å²) in [5.41, 5.74) is 3.96. The SMILES string of the molecule is CCn1nc(C)c(Cl)c1CNCc1cccc(CO)c1. The number of aryl methyl sites for hydroxylation is 2. The van der Waals surface area contributed by atoms with E-state index in [2.05, 4.69) is 17.3 Å². The lowest BCUT2D eigenvalue weighted by atomic mass is 10.1. The normalized spacial score (nSPS) is 11.0. The summed E-state index contributed by atoms with van der Waals surface area (Å²) in [6.07, 6.45) is 0. The highest BCUT2D eigenvalue weighted by atomic mass is 35.5. The zero-order valence-electron chi connectivity index (χ0n) is 11.9. The van der Waals surface area contributed by atoms with Crippen LogP contribution in [-0.2, 0) is 26.2 Å². The quantitative estimate of drug-likeness (QED) is 0.861. The lowest BCUT2D eigenvalue weighted by Crippen LogP contribution is -2.16. The summed E-state index contributed by atoms with van der Waals surface area (Å²) in [5, 5.41) is 17.6. The van der Waals surface area contributed by atoms with Gasteiger partial charge in [-0.15, -0.1) is 0 Å². The van der Waals surface area contributed by atoms with Gasteiger partial charge in [-0.1, -0.05) is 35.9 Å². The van der Waals surface area contributed by atoms with Crippen LogP contribution in [0.3, 0.4) is 0 Å². The zero-order valence-corrected chi connectivity index (χ0v) is 12.6. The number of rotatable bonds is 6. The molecule has 2 N–H and O–H groups in total. The maximum absolute atomic E-state index is 9.12. The van der Waals surface area contributed by atoms with Crippen molar-refractivity contribution in [1.29, 1.82) is 0 Å². The number of hydrogen-bond donors (Lipinski definition) is 2. The predicted octanol–water partition coefficient (Wildman–Crippen LogP) is 2.65. The molecule has 0 atom stereocenters. The van der Waals surface area contributed by atoms with Crippen molar-refractivity contribution in [2.24, 2.45) is 0 Å². The Labute approximate surface area is 124 Å². The topological polar surface area (TPSA) is 50.1 Å². The highest BCUT2D eigenvalue weighted by Crippen LogP contribution is 2.20. The van der Waals surface area contributed by atoms with Gasteiger partial charge in [0.1, 0.15) is 0 Å². The maximum Gasteiger partial charge on any atom is 0.0860 e. The van der Waals surface area contributed by atoms with Gasteiger partial charge in [0.15, 0.2) is 0 Å². The summed E-state index contributed by atoms with van der Waals surface area (Å²) >= 11 is 6.27. The molecule has 0 saturated heterocycles. The molecule has 0 aliphatic heterocycles. The van der Waals surface area contributed by atoms with Gasteiger partial charge in [-0.2, -0.15) is 5.10 Å². The average molecular weight is 294 g/mol. The third-order valence-corrected chi connectivity index (χ3v) is 3.74. The standard InChI is InChI=1S/C15H20ClN3O/c1-3-19-14(15(16)11(2)18-19)9-17-8-12-5-4-6-13(7-12)10-20/h4-7,17,20H,3,8-10H2,1-2H3. The zero-order chi connectivity index (χ0) is 14.5. The molecule has 0 spiro atoms. The number of aromatic nitrogens is 2. The van der Waals surface area contributed by atoms with Gasteiger partial charge in [0.2, 0.25) is 0 Å². The molecule has 5 heteroatoms. The van der Waals surface area contributed by atoms with E-state index in [1.165, 1.54) is 0 Å². The molecule has 0 fully saturated rings. The van der Waals surface area contributed by atoms with E-state index in [0.29, 0.717) is 6.54 Å². The molecule has 0 aliphatic carbocycles. The summed E-state index contributed by atoms with van der Waals surface area (Å²) < 4.78 is 1.93. The van der Waals surface area contributed by atoms with Crippen LogP contribution in [0.25, 0.3) is 0 Å². The van der Waals surface area contributed by atoms with Crippen LogP contribution < -0.4 is 5.32 Å². The van der Waals surface area contributed by atoms with Gasteiger partial charge < -0.3 is 10.4 Å². The minimum absolute atomic E-state index is 0.0709. The Morgan fingerprint density at radius 3 is 2.75 bits per heavy atom. The molecule has 108 valence electrons. The summed E-state index contributed by atoms with van der Waals surface area (Å²) in [7, 11) is 0. The highest BCUT2D eigenvalue weighted by Gasteiger charge is 2.11. The van der Waals surface area contributed by atoms with E-state index in [4.69, 9.17) is 16.7 Å². The van der Waals surface area contributed by atoms with E-state index in [1.54, 1.807) is 0 Å². The molecule has 0 bridgehead atoms. The first kappa shape index (κ1) is 15.0. The van der Waals surface area contributed by atoms with E-state index in [-0.39, 0.29) is 6.61 Å². The third-order valence-electron chi connectivity index (χ3n) is 3.25. The van der Waals surface area contributed by atoms with Gasteiger partial charge in [-0.25, -0.2) is 0 Å². The van der Waals surface area contributed by atoms with Gasteiger partial charge in [0, 0.05) is 19.6 Å². The van der Waals surface area contributed by atoms with Crippen molar-refractivity contribution in [3.63, 3.8) is 0 Å². The summed E-state index contributed by atoms with van der Waals surface area (Å²) in [5.74, 6) is 0. The minimum Gasteiger partial charge on any atom is -0.392 e. The lowest BCUT2D eigenvalue weighted by molar-refractivity contribution is 0.281. The number of benzene rings is 1. The predicted molar refractivity (Wildman–Crippen MR) is 80.6 cm³/mol. The molecule has 4 nitrogen and oxygen atoms in total. The molecular weight excluding hydrogens is 274 g/mol. The summed E-state index contributed by atoms with van der Waals surface area (Å²) in [6.45, 7) is 6.26. The molecule has 0 aliphatic rings. The van der Waals surface area contributed by atoms with Gasteiger partial charge in [-0.05, 0) is 25.0 Å². The van der Waals surface area contributed by atoms with Crippen molar-refractivity contribution >= 4 is 11.6 Å². The first-order valence-corrected chi connectivity index (χ1v) is 7.14. The number of hydrogen-bond acceptors (Lipinski definition) is 3. The number of halogens is 1. The van der Waals surface area contributed by atoms with E-state index >= 15 is 0 Å².